The minimum absolute atomic E-state index is 0.0750. The number of hydrogen-bond acceptors (Lipinski definition) is 5. The van der Waals surface area contributed by atoms with E-state index in [1.54, 1.807) is 4.90 Å². The average Bonchev–Trinajstić information content (AvgIpc) is 2.56. The summed E-state index contributed by atoms with van der Waals surface area (Å²) in [5.41, 5.74) is 0.0974. The highest BCUT2D eigenvalue weighted by molar-refractivity contribution is 5.96. The van der Waals surface area contributed by atoms with Gasteiger partial charge in [0, 0.05) is 18.7 Å². The molecule has 1 aliphatic heterocycles. The van der Waals surface area contributed by atoms with Crippen molar-refractivity contribution in [1.82, 2.24) is 10.2 Å². The first-order valence-corrected chi connectivity index (χ1v) is 7.97. The molecule has 2 amide bonds. The molecule has 1 aromatic carbocycles. The lowest BCUT2D eigenvalue weighted by atomic mass is 10.2. The number of morpholine rings is 1. The van der Waals surface area contributed by atoms with Crippen LogP contribution in [0.15, 0.2) is 24.3 Å². The molecule has 0 radical (unpaired) electrons. The number of hydrogen-bond donors (Lipinski definition) is 1. The van der Waals surface area contributed by atoms with Gasteiger partial charge < -0.3 is 19.7 Å². The van der Waals surface area contributed by atoms with Gasteiger partial charge in [-0.15, -0.1) is 0 Å². The Morgan fingerprint density at radius 2 is 1.96 bits per heavy atom. The zero-order chi connectivity index (χ0) is 18.4. The Balaban J connectivity index is 1.73. The molecular weight excluding hydrogens is 331 g/mol. The van der Waals surface area contributed by atoms with Crippen LogP contribution in [0.1, 0.15) is 24.2 Å². The van der Waals surface area contributed by atoms with E-state index >= 15 is 0 Å². The molecule has 0 spiro atoms. The Hall–Kier alpha value is -2.48. The molecule has 2 atom stereocenters. The van der Waals surface area contributed by atoms with E-state index in [0.29, 0.717) is 13.1 Å². The van der Waals surface area contributed by atoms with Gasteiger partial charge in [-0.05, 0) is 32.0 Å². The highest BCUT2D eigenvalue weighted by Crippen LogP contribution is 2.10. The maximum Gasteiger partial charge on any atom is 0.325 e. The van der Waals surface area contributed by atoms with E-state index in [9.17, 15) is 18.8 Å². The van der Waals surface area contributed by atoms with Crippen LogP contribution in [0.2, 0.25) is 0 Å². The molecule has 0 saturated carbocycles. The van der Waals surface area contributed by atoms with Crippen LogP contribution in [0.3, 0.4) is 0 Å². The largest absolute Gasteiger partial charge is 0.454 e. The second-order valence-corrected chi connectivity index (χ2v) is 5.91. The number of esters is 1. The summed E-state index contributed by atoms with van der Waals surface area (Å²) in [5, 5.41) is 2.32. The van der Waals surface area contributed by atoms with Gasteiger partial charge in [-0.3, -0.25) is 14.4 Å². The van der Waals surface area contributed by atoms with Gasteiger partial charge in [-0.25, -0.2) is 4.39 Å². The number of carbonyl (C=O) groups is 3. The number of benzene rings is 1. The van der Waals surface area contributed by atoms with Gasteiger partial charge in [0.1, 0.15) is 12.4 Å². The molecule has 0 aromatic heterocycles. The van der Waals surface area contributed by atoms with Crippen LogP contribution in [-0.2, 0) is 19.1 Å². The molecule has 1 fully saturated rings. The molecule has 25 heavy (non-hydrogen) atoms. The van der Waals surface area contributed by atoms with Gasteiger partial charge in [0.15, 0.2) is 6.61 Å². The van der Waals surface area contributed by atoms with Crippen LogP contribution in [-0.4, -0.2) is 61.1 Å². The van der Waals surface area contributed by atoms with Crippen molar-refractivity contribution in [3.63, 3.8) is 0 Å². The molecule has 1 saturated heterocycles. The summed E-state index contributed by atoms with van der Waals surface area (Å²) in [6.45, 7) is 3.81. The fourth-order valence-corrected chi connectivity index (χ4v) is 2.55. The summed E-state index contributed by atoms with van der Waals surface area (Å²) in [5.74, 6) is -2.20. The summed E-state index contributed by atoms with van der Waals surface area (Å²) in [7, 11) is 0. The van der Waals surface area contributed by atoms with Gasteiger partial charge in [0.2, 0.25) is 0 Å². The molecule has 136 valence electrons. The van der Waals surface area contributed by atoms with Crippen LogP contribution in [0.5, 0.6) is 0 Å². The second-order valence-electron chi connectivity index (χ2n) is 5.91. The monoisotopic (exact) mass is 352 g/mol. The van der Waals surface area contributed by atoms with Gasteiger partial charge in [-0.2, -0.15) is 0 Å². The van der Waals surface area contributed by atoms with E-state index in [4.69, 9.17) is 9.47 Å². The molecule has 0 aliphatic carbocycles. The summed E-state index contributed by atoms with van der Waals surface area (Å²) >= 11 is 0. The lowest BCUT2D eigenvalue weighted by Gasteiger charge is -2.35. The van der Waals surface area contributed by atoms with E-state index in [0.717, 1.165) is 6.07 Å². The maximum atomic E-state index is 13.0. The SMILES string of the molecule is C[C@H]1CN(C(=O)COC(=O)CNC(=O)c2cccc(F)c2)C[C@H](C)O1. The molecule has 1 aliphatic rings. The fraction of sp³-hybridized carbons (Fsp3) is 0.471. The Bertz CT molecular complexity index is 642. The lowest BCUT2D eigenvalue weighted by molar-refractivity contribution is -0.156. The third kappa shape index (κ3) is 5.82. The zero-order valence-corrected chi connectivity index (χ0v) is 14.2. The predicted octanol–water partition coefficient (Wildman–Crippen LogP) is 0.735. The topological polar surface area (TPSA) is 84.9 Å². The molecule has 1 aromatic rings. The van der Waals surface area contributed by atoms with Gasteiger partial charge in [0.25, 0.3) is 11.8 Å². The van der Waals surface area contributed by atoms with Gasteiger partial charge in [-0.1, -0.05) is 6.07 Å². The Labute approximate surface area is 145 Å². The van der Waals surface area contributed by atoms with Crippen molar-refractivity contribution in [2.24, 2.45) is 0 Å². The Morgan fingerprint density at radius 3 is 2.60 bits per heavy atom. The number of amides is 2. The highest BCUT2D eigenvalue weighted by Gasteiger charge is 2.26. The fourth-order valence-electron chi connectivity index (χ4n) is 2.55. The first kappa shape index (κ1) is 18.9. The van der Waals surface area contributed by atoms with E-state index in [-0.39, 0.29) is 23.7 Å². The van der Waals surface area contributed by atoms with Crippen molar-refractivity contribution in [2.45, 2.75) is 26.1 Å². The van der Waals surface area contributed by atoms with Crippen molar-refractivity contribution < 1.29 is 28.2 Å². The average molecular weight is 352 g/mol. The molecule has 8 heteroatoms. The molecule has 0 bridgehead atoms. The number of rotatable bonds is 5. The number of ether oxygens (including phenoxy) is 2. The Morgan fingerprint density at radius 1 is 1.28 bits per heavy atom. The molecular formula is C17H21FN2O5. The highest BCUT2D eigenvalue weighted by atomic mass is 19.1. The zero-order valence-electron chi connectivity index (χ0n) is 14.2. The first-order chi connectivity index (χ1) is 11.8. The number of nitrogens with one attached hydrogen (secondary N) is 1. The van der Waals surface area contributed by atoms with Crippen LogP contribution < -0.4 is 5.32 Å². The van der Waals surface area contributed by atoms with Gasteiger partial charge in [0.05, 0.1) is 12.2 Å². The first-order valence-electron chi connectivity index (χ1n) is 7.97. The second kappa shape index (κ2) is 8.57. The van der Waals surface area contributed by atoms with Crippen molar-refractivity contribution in [3.05, 3.63) is 35.6 Å². The molecule has 2 rings (SSSR count). The quantitative estimate of drug-likeness (QED) is 0.790. The van der Waals surface area contributed by atoms with E-state index < -0.39 is 30.8 Å². The van der Waals surface area contributed by atoms with E-state index in [1.807, 2.05) is 13.8 Å². The summed E-state index contributed by atoms with van der Waals surface area (Å²) in [6.07, 6.45) is -0.150. The standard InChI is InChI=1S/C17H21FN2O5/c1-11-8-20(9-12(2)25-11)15(21)10-24-16(22)7-19-17(23)13-4-3-5-14(18)6-13/h3-6,11-12H,7-10H2,1-2H3,(H,19,23)/t11-,12-/m0/s1. The minimum atomic E-state index is -0.743. The third-order valence-corrected chi connectivity index (χ3v) is 3.61. The summed E-state index contributed by atoms with van der Waals surface area (Å²) in [6, 6.07) is 5.09. The van der Waals surface area contributed by atoms with Crippen molar-refractivity contribution >= 4 is 17.8 Å². The molecule has 0 unspecified atom stereocenters. The number of carbonyl (C=O) groups excluding carboxylic acids is 3. The van der Waals surface area contributed by atoms with Crippen molar-refractivity contribution in [3.8, 4) is 0 Å². The maximum absolute atomic E-state index is 13.0. The lowest BCUT2D eigenvalue weighted by Crippen LogP contribution is -2.49. The van der Waals surface area contributed by atoms with Crippen LogP contribution in [0.4, 0.5) is 4.39 Å². The van der Waals surface area contributed by atoms with Crippen LogP contribution >= 0.6 is 0 Å². The summed E-state index contributed by atoms with van der Waals surface area (Å²) in [4.78, 5) is 37.1. The van der Waals surface area contributed by atoms with Crippen LogP contribution in [0, 0.1) is 5.82 Å². The van der Waals surface area contributed by atoms with Gasteiger partial charge >= 0.3 is 5.97 Å². The van der Waals surface area contributed by atoms with E-state index in [2.05, 4.69) is 5.32 Å². The number of halogens is 1. The normalized spacial score (nSPS) is 20.0. The van der Waals surface area contributed by atoms with Crippen LogP contribution in [0.25, 0.3) is 0 Å². The molecule has 1 N–H and O–H groups in total. The molecule has 7 nitrogen and oxygen atoms in total. The smallest absolute Gasteiger partial charge is 0.325 e. The molecule has 1 heterocycles. The van der Waals surface area contributed by atoms with Crippen molar-refractivity contribution in [1.29, 1.82) is 0 Å². The van der Waals surface area contributed by atoms with Crippen molar-refractivity contribution in [2.75, 3.05) is 26.2 Å². The summed E-state index contributed by atoms with van der Waals surface area (Å²) < 4.78 is 23.5. The Kier molecular flexibility index (Phi) is 6.46. The number of nitrogens with zero attached hydrogens (tertiary/aromatic N) is 1. The third-order valence-electron chi connectivity index (χ3n) is 3.61. The predicted molar refractivity (Wildman–Crippen MR) is 86.3 cm³/mol. The van der Waals surface area contributed by atoms with E-state index in [1.165, 1.54) is 18.2 Å². The minimum Gasteiger partial charge on any atom is -0.454 e.